The van der Waals surface area contributed by atoms with Crippen LogP contribution in [0.15, 0.2) is 54.6 Å². The van der Waals surface area contributed by atoms with Gasteiger partial charge < -0.3 is 18.9 Å². The van der Waals surface area contributed by atoms with Crippen molar-refractivity contribution in [2.24, 2.45) is 0 Å². The van der Waals surface area contributed by atoms with E-state index in [1.54, 1.807) is 50.5 Å². The number of carbonyl (C=O) groups excluding carboxylic acids is 4. The maximum atomic E-state index is 12.2. The van der Waals surface area contributed by atoms with Crippen molar-refractivity contribution >= 4 is 35.7 Å². The molecule has 0 aliphatic carbocycles. The number of rotatable bonds is 14. The molecule has 0 bridgehead atoms. The maximum absolute atomic E-state index is 12.2. The van der Waals surface area contributed by atoms with Crippen molar-refractivity contribution in [3.05, 3.63) is 65.7 Å². The number of ketones is 2. The molecule has 2 aromatic rings. The lowest BCUT2D eigenvalue weighted by Gasteiger charge is -2.14. The van der Waals surface area contributed by atoms with Gasteiger partial charge in [0.2, 0.25) is 0 Å². The Labute approximate surface area is 216 Å². The molecule has 0 spiro atoms. The van der Waals surface area contributed by atoms with Gasteiger partial charge in [-0.05, 0) is 60.9 Å². The van der Waals surface area contributed by atoms with Gasteiger partial charge in [-0.15, -0.1) is 0 Å². The summed E-state index contributed by atoms with van der Waals surface area (Å²) in [4.78, 5) is 48.2. The molecule has 0 radical (unpaired) electrons. The van der Waals surface area contributed by atoms with Crippen LogP contribution in [0.25, 0.3) is 12.2 Å². The van der Waals surface area contributed by atoms with Crippen LogP contribution in [0.3, 0.4) is 0 Å². The highest BCUT2D eigenvalue weighted by Crippen LogP contribution is 2.29. The Morgan fingerprint density at radius 2 is 1.51 bits per heavy atom. The van der Waals surface area contributed by atoms with Crippen molar-refractivity contribution in [3.63, 3.8) is 0 Å². The molecule has 0 aliphatic heterocycles. The van der Waals surface area contributed by atoms with E-state index in [-0.39, 0.29) is 41.9 Å². The number of ether oxygens (including phenoxy) is 4. The molecule has 0 saturated heterocycles. The number of allylic oxidation sites excluding steroid dienone is 2. The topological polar surface area (TPSA) is 105 Å². The van der Waals surface area contributed by atoms with Gasteiger partial charge in [-0.25, -0.2) is 0 Å². The first-order valence-corrected chi connectivity index (χ1v) is 11.9. The molecule has 0 aromatic heterocycles. The standard InChI is InChI=1S/C29H32O8/c1-5-7-28(32)36-20(2)16-29(33)37-26-15-12-22(18-27(26)35-4)11-14-24(31)19-23(30)13-10-21-8-6-9-25(17-21)34-3/h6,8-15,17-18,20H,5,7,16,19H2,1-4H3/b13-10+,14-11+/t20-/m1/s1. The summed E-state index contributed by atoms with van der Waals surface area (Å²) in [5, 5.41) is 0. The fraction of sp³-hybridized carbons (Fsp3) is 0.310. The van der Waals surface area contributed by atoms with Crippen LogP contribution < -0.4 is 14.2 Å². The molecule has 0 saturated carbocycles. The Kier molecular flexibility index (Phi) is 11.8. The van der Waals surface area contributed by atoms with E-state index in [0.29, 0.717) is 24.2 Å². The van der Waals surface area contributed by atoms with Crippen LogP contribution in [0.5, 0.6) is 17.2 Å². The summed E-state index contributed by atoms with van der Waals surface area (Å²) in [5.74, 6) is -0.466. The number of methoxy groups -OCH3 is 2. The molecule has 0 N–H and O–H groups in total. The van der Waals surface area contributed by atoms with E-state index in [9.17, 15) is 19.2 Å². The quantitative estimate of drug-likeness (QED) is 0.152. The van der Waals surface area contributed by atoms with Crippen molar-refractivity contribution in [2.75, 3.05) is 14.2 Å². The van der Waals surface area contributed by atoms with Crippen LogP contribution in [0.4, 0.5) is 0 Å². The first-order chi connectivity index (χ1) is 17.7. The molecule has 2 aromatic carbocycles. The smallest absolute Gasteiger partial charge is 0.315 e. The molecule has 0 heterocycles. The zero-order chi connectivity index (χ0) is 27.2. The molecule has 2 rings (SSSR count). The summed E-state index contributed by atoms with van der Waals surface area (Å²) in [6, 6.07) is 12.0. The molecule has 196 valence electrons. The van der Waals surface area contributed by atoms with Gasteiger partial charge in [-0.1, -0.05) is 37.3 Å². The van der Waals surface area contributed by atoms with Gasteiger partial charge in [-0.3, -0.25) is 19.2 Å². The molecule has 1 atom stereocenters. The fourth-order valence-electron chi connectivity index (χ4n) is 3.21. The second kappa shape index (κ2) is 15.0. The number of carbonyl (C=O) groups is 4. The summed E-state index contributed by atoms with van der Waals surface area (Å²) in [7, 11) is 2.99. The predicted molar refractivity (Wildman–Crippen MR) is 139 cm³/mol. The van der Waals surface area contributed by atoms with Gasteiger partial charge in [0.25, 0.3) is 0 Å². The Morgan fingerprint density at radius 1 is 0.838 bits per heavy atom. The highest BCUT2D eigenvalue weighted by molar-refractivity contribution is 6.10. The van der Waals surface area contributed by atoms with Gasteiger partial charge in [0.05, 0.1) is 27.1 Å². The predicted octanol–water partition coefficient (Wildman–Crippen LogP) is 4.99. The van der Waals surface area contributed by atoms with Gasteiger partial charge >= 0.3 is 11.9 Å². The van der Waals surface area contributed by atoms with Gasteiger partial charge in [0.15, 0.2) is 23.1 Å². The van der Waals surface area contributed by atoms with E-state index in [4.69, 9.17) is 18.9 Å². The lowest BCUT2D eigenvalue weighted by molar-refractivity contribution is -0.151. The van der Waals surface area contributed by atoms with Crippen LogP contribution in [0.1, 0.15) is 50.7 Å². The van der Waals surface area contributed by atoms with E-state index in [1.807, 2.05) is 19.1 Å². The van der Waals surface area contributed by atoms with Crippen LogP contribution >= 0.6 is 0 Å². The zero-order valence-corrected chi connectivity index (χ0v) is 21.5. The van der Waals surface area contributed by atoms with Crippen LogP contribution in [-0.4, -0.2) is 43.8 Å². The summed E-state index contributed by atoms with van der Waals surface area (Å²) in [6.45, 7) is 3.49. The van der Waals surface area contributed by atoms with E-state index in [2.05, 4.69) is 0 Å². The monoisotopic (exact) mass is 508 g/mol. The van der Waals surface area contributed by atoms with Gasteiger partial charge in [0.1, 0.15) is 11.9 Å². The molecule has 37 heavy (non-hydrogen) atoms. The highest BCUT2D eigenvalue weighted by Gasteiger charge is 2.17. The van der Waals surface area contributed by atoms with E-state index in [1.165, 1.54) is 25.3 Å². The second-order valence-corrected chi connectivity index (χ2v) is 8.19. The Morgan fingerprint density at radius 3 is 2.14 bits per heavy atom. The highest BCUT2D eigenvalue weighted by atomic mass is 16.6. The first kappa shape index (κ1) is 29.0. The van der Waals surface area contributed by atoms with Crippen molar-refractivity contribution in [1.29, 1.82) is 0 Å². The summed E-state index contributed by atoms with van der Waals surface area (Å²) in [6.07, 6.45) is 5.81. The largest absolute Gasteiger partial charge is 0.497 e. The fourth-order valence-corrected chi connectivity index (χ4v) is 3.21. The number of hydrogen-bond acceptors (Lipinski definition) is 8. The molecule has 0 fully saturated rings. The van der Waals surface area contributed by atoms with Crippen molar-refractivity contribution in [2.45, 2.75) is 45.6 Å². The molecular formula is C29H32O8. The van der Waals surface area contributed by atoms with E-state index in [0.717, 1.165) is 5.56 Å². The number of esters is 2. The molecule has 8 nitrogen and oxygen atoms in total. The third-order valence-corrected chi connectivity index (χ3v) is 5.02. The van der Waals surface area contributed by atoms with Crippen LogP contribution in [0, 0.1) is 0 Å². The van der Waals surface area contributed by atoms with Gasteiger partial charge in [-0.2, -0.15) is 0 Å². The van der Waals surface area contributed by atoms with Crippen LogP contribution in [-0.2, 0) is 23.9 Å². The average Bonchev–Trinajstić information content (AvgIpc) is 2.86. The third-order valence-electron chi connectivity index (χ3n) is 5.02. The molecule has 8 heteroatoms. The van der Waals surface area contributed by atoms with Crippen molar-refractivity contribution < 1.29 is 38.1 Å². The minimum Gasteiger partial charge on any atom is -0.497 e. The number of hydrogen-bond donors (Lipinski definition) is 0. The lowest BCUT2D eigenvalue weighted by Crippen LogP contribution is -2.21. The minimum atomic E-state index is -0.612. The number of benzene rings is 2. The van der Waals surface area contributed by atoms with E-state index >= 15 is 0 Å². The molecule has 0 aliphatic rings. The summed E-state index contributed by atoms with van der Waals surface area (Å²) in [5.41, 5.74) is 1.40. The second-order valence-electron chi connectivity index (χ2n) is 8.19. The molecule has 0 amide bonds. The van der Waals surface area contributed by atoms with Gasteiger partial charge in [0, 0.05) is 6.42 Å². The summed E-state index contributed by atoms with van der Waals surface area (Å²) < 4.78 is 21.0. The third kappa shape index (κ3) is 10.5. The Hall–Kier alpha value is -4.20. The summed E-state index contributed by atoms with van der Waals surface area (Å²) >= 11 is 0. The Bertz CT molecular complexity index is 1160. The van der Waals surface area contributed by atoms with Crippen molar-refractivity contribution in [3.8, 4) is 17.2 Å². The molecular weight excluding hydrogens is 476 g/mol. The van der Waals surface area contributed by atoms with Crippen LogP contribution in [0.2, 0.25) is 0 Å². The normalized spacial score (nSPS) is 11.8. The zero-order valence-electron chi connectivity index (χ0n) is 21.5. The SMILES string of the molecule is CCCC(=O)O[C@H](C)CC(=O)Oc1ccc(/C=C/C(=O)CC(=O)/C=C/c2cccc(OC)c2)cc1OC. The maximum Gasteiger partial charge on any atom is 0.315 e. The molecule has 0 unspecified atom stereocenters. The van der Waals surface area contributed by atoms with E-state index < -0.39 is 12.1 Å². The lowest BCUT2D eigenvalue weighted by atomic mass is 10.1. The Balaban J connectivity index is 1.92. The minimum absolute atomic E-state index is 0.102. The first-order valence-electron chi connectivity index (χ1n) is 11.9. The average molecular weight is 509 g/mol. The van der Waals surface area contributed by atoms with Crippen molar-refractivity contribution in [1.82, 2.24) is 0 Å².